The highest BCUT2D eigenvalue weighted by atomic mass is 35.5. The molecule has 1 aliphatic heterocycles. The van der Waals surface area contributed by atoms with Crippen molar-refractivity contribution in [1.82, 2.24) is 24.8 Å². The summed E-state index contributed by atoms with van der Waals surface area (Å²) in [6, 6.07) is 6.07. The molecule has 0 N–H and O–H groups in total. The third kappa shape index (κ3) is 2.52. The Labute approximate surface area is 139 Å². The standard InChI is InChI=1S/C16H18ClN5O/c1-10-18-16(23-20-10)14-7-4-8-22(14)9-12-15-11(17)5-3-6-13(15)21(2)19-12/h3,5-6,14H,4,7-9H2,1-2H3/t14-/m0/s1. The highest BCUT2D eigenvalue weighted by Gasteiger charge is 2.31. The predicted molar refractivity (Wildman–Crippen MR) is 87.1 cm³/mol. The van der Waals surface area contributed by atoms with Crippen LogP contribution in [0.4, 0.5) is 0 Å². The highest BCUT2D eigenvalue weighted by molar-refractivity contribution is 6.35. The summed E-state index contributed by atoms with van der Waals surface area (Å²) in [4.78, 5) is 6.74. The lowest BCUT2D eigenvalue weighted by Crippen LogP contribution is -2.23. The van der Waals surface area contributed by atoms with Crippen molar-refractivity contribution in [2.45, 2.75) is 32.4 Å². The first-order valence-electron chi connectivity index (χ1n) is 7.78. The van der Waals surface area contributed by atoms with Gasteiger partial charge in [-0.05, 0) is 38.4 Å². The van der Waals surface area contributed by atoms with Gasteiger partial charge in [-0.25, -0.2) is 0 Å². The van der Waals surface area contributed by atoms with Gasteiger partial charge in [-0.3, -0.25) is 9.58 Å². The molecule has 4 rings (SSSR count). The van der Waals surface area contributed by atoms with Crippen LogP contribution in [-0.4, -0.2) is 31.4 Å². The molecule has 0 amide bonds. The van der Waals surface area contributed by atoms with Crippen molar-refractivity contribution in [2.75, 3.05) is 6.54 Å². The average Bonchev–Trinajstić information content (AvgIpc) is 3.21. The summed E-state index contributed by atoms with van der Waals surface area (Å²) in [6.07, 6.45) is 2.14. The maximum Gasteiger partial charge on any atom is 0.243 e. The van der Waals surface area contributed by atoms with Crippen LogP contribution in [0.3, 0.4) is 0 Å². The topological polar surface area (TPSA) is 60.0 Å². The number of hydrogen-bond donors (Lipinski definition) is 0. The summed E-state index contributed by atoms with van der Waals surface area (Å²) in [6.45, 7) is 3.57. The fourth-order valence-electron chi connectivity index (χ4n) is 3.40. The molecule has 1 fully saturated rings. The average molecular weight is 332 g/mol. The van der Waals surface area contributed by atoms with Crippen LogP contribution in [0.5, 0.6) is 0 Å². The van der Waals surface area contributed by atoms with E-state index in [2.05, 4.69) is 20.1 Å². The first-order valence-corrected chi connectivity index (χ1v) is 8.15. The van der Waals surface area contributed by atoms with Crippen LogP contribution in [0, 0.1) is 6.92 Å². The second kappa shape index (κ2) is 5.62. The molecule has 0 radical (unpaired) electrons. The zero-order valence-electron chi connectivity index (χ0n) is 13.2. The van der Waals surface area contributed by atoms with Gasteiger partial charge in [0.15, 0.2) is 5.82 Å². The molecule has 1 aromatic carbocycles. The second-order valence-electron chi connectivity index (χ2n) is 6.01. The molecular weight excluding hydrogens is 314 g/mol. The Morgan fingerprint density at radius 3 is 3.04 bits per heavy atom. The van der Waals surface area contributed by atoms with Crippen LogP contribution in [-0.2, 0) is 13.6 Å². The minimum atomic E-state index is 0.163. The SMILES string of the molecule is Cc1noc([C@@H]2CCCN2Cc2nn(C)c3cccc(Cl)c23)n1. The van der Waals surface area contributed by atoms with Crippen molar-refractivity contribution in [3.05, 3.63) is 40.6 Å². The first kappa shape index (κ1) is 14.7. The van der Waals surface area contributed by atoms with E-state index < -0.39 is 0 Å². The lowest BCUT2D eigenvalue weighted by Gasteiger charge is -2.20. The smallest absolute Gasteiger partial charge is 0.243 e. The van der Waals surface area contributed by atoms with Gasteiger partial charge >= 0.3 is 0 Å². The van der Waals surface area contributed by atoms with Crippen molar-refractivity contribution in [2.24, 2.45) is 7.05 Å². The third-order valence-corrected chi connectivity index (χ3v) is 4.76. The van der Waals surface area contributed by atoms with Crippen molar-refractivity contribution in [3.8, 4) is 0 Å². The minimum absolute atomic E-state index is 0.163. The summed E-state index contributed by atoms with van der Waals surface area (Å²) in [5.41, 5.74) is 2.05. The molecule has 2 aromatic heterocycles. The van der Waals surface area contributed by atoms with Crippen LogP contribution in [0.1, 0.15) is 36.3 Å². The summed E-state index contributed by atoms with van der Waals surface area (Å²) in [5, 5.41) is 10.4. The van der Waals surface area contributed by atoms with Crippen LogP contribution < -0.4 is 0 Å². The third-order valence-electron chi connectivity index (χ3n) is 4.44. The Balaban J connectivity index is 1.67. The molecule has 0 bridgehead atoms. The van der Waals surface area contributed by atoms with Crippen molar-refractivity contribution >= 4 is 22.5 Å². The van der Waals surface area contributed by atoms with Crippen molar-refractivity contribution in [1.29, 1.82) is 0 Å². The number of rotatable bonds is 3. The molecular formula is C16H18ClN5O. The summed E-state index contributed by atoms with van der Waals surface area (Å²) >= 11 is 6.40. The maximum atomic E-state index is 6.40. The van der Waals surface area contributed by atoms with E-state index in [4.69, 9.17) is 16.1 Å². The number of aromatic nitrogens is 4. The van der Waals surface area contributed by atoms with Crippen molar-refractivity contribution < 1.29 is 4.52 Å². The molecule has 1 aliphatic rings. The lowest BCUT2D eigenvalue weighted by atomic mass is 10.2. The molecule has 0 saturated carbocycles. The van der Waals surface area contributed by atoms with E-state index in [1.54, 1.807) is 0 Å². The lowest BCUT2D eigenvalue weighted by molar-refractivity contribution is 0.199. The minimum Gasteiger partial charge on any atom is -0.338 e. The van der Waals surface area contributed by atoms with E-state index >= 15 is 0 Å². The number of fused-ring (bicyclic) bond motifs is 1. The number of likely N-dealkylation sites (tertiary alicyclic amines) is 1. The van der Waals surface area contributed by atoms with Gasteiger partial charge in [-0.15, -0.1) is 0 Å². The van der Waals surface area contributed by atoms with Gasteiger partial charge in [-0.2, -0.15) is 10.1 Å². The summed E-state index contributed by atoms with van der Waals surface area (Å²) in [7, 11) is 1.95. The van der Waals surface area contributed by atoms with E-state index in [1.807, 2.05) is 36.9 Å². The van der Waals surface area contributed by atoms with Gasteiger partial charge in [0.25, 0.3) is 0 Å². The van der Waals surface area contributed by atoms with E-state index in [0.717, 1.165) is 47.6 Å². The Kier molecular flexibility index (Phi) is 3.58. The van der Waals surface area contributed by atoms with Crippen LogP contribution in [0.15, 0.2) is 22.7 Å². The Hall–Kier alpha value is -1.92. The number of nitrogens with zero attached hydrogens (tertiary/aromatic N) is 5. The number of benzene rings is 1. The zero-order valence-corrected chi connectivity index (χ0v) is 13.9. The summed E-state index contributed by atoms with van der Waals surface area (Å²) < 4.78 is 7.27. The Bertz CT molecular complexity index is 855. The van der Waals surface area contributed by atoms with Crippen LogP contribution in [0.2, 0.25) is 5.02 Å². The molecule has 3 heterocycles. The molecule has 120 valence electrons. The molecule has 0 aliphatic carbocycles. The van der Waals surface area contributed by atoms with Crippen LogP contribution in [0.25, 0.3) is 10.9 Å². The first-order chi connectivity index (χ1) is 11.1. The van der Waals surface area contributed by atoms with Gasteiger partial charge in [0.2, 0.25) is 5.89 Å². The molecule has 3 aromatic rings. The molecule has 1 atom stereocenters. The zero-order chi connectivity index (χ0) is 16.0. The Morgan fingerprint density at radius 2 is 2.26 bits per heavy atom. The Morgan fingerprint density at radius 1 is 1.39 bits per heavy atom. The molecule has 23 heavy (non-hydrogen) atoms. The number of aryl methyl sites for hydroxylation is 2. The molecule has 0 unspecified atom stereocenters. The predicted octanol–water partition coefficient (Wildman–Crippen LogP) is 3.26. The largest absolute Gasteiger partial charge is 0.338 e. The van der Waals surface area contributed by atoms with E-state index in [-0.39, 0.29) is 6.04 Å². The van der Waals surface area contributed by atoms with Gasteiger partial charge in [0.1, 0.15) is 0 Å². The highest BCUT2D eigenvalue weighted by Crippen LogP contribution is 2.34. The van der Waals surface area contributed by atoms with Gasteiger partial charge in [0, 0.05) is 19.0 Å². The molecule has 7 heteroatoms. The fraction of sp³-hybridized carbons (Fsp3) is 0.438. The van der Waals surface area contributed by atoms with Gasteiger partial charge in [0.05, 0.1) is 22.3 Å². The second-order valence-corrected chi connectivity index (χ2v) is 6.42. The van der Waals surface area contributed by atoms with Gasteiger partial charge in [-0.1, -0.05) is 22.8 Å². The van der Waals surface area contributed by atoms with Crippen molar-refractivity contribution in [3.63, 3.8) is 0 Å². The number of hydrogen-bond acceptors (Lipinski definition) is 5. The normalized spacial score (nSPS) is 19.0. The molecule has 6 nitrogen and oxygen atoms in total. The quantitative estimate of drug-likeness (QED) is 0.737. The van der Waals surface area contributed by atoms with E-state index in [9.17, 15) is 0 Å². The molecule has 1 saturated heterocycles. The monoisotopic (exact) mass is 331 g/mol. The van der Waals surface area contributed by atoms with Crippen LogP contribution >= 0.6 is 11.6 Å². The van der Waals surface area contributed by atoms with E-state index in [1.165, 1.54) is 0 Å². The maximum absolute atomic E-state index is 6.40. The fourth-order valence-corrected chi connectivity index (χ4v) is 3.68. The number of halogens is 1. The molecule has 0 spiro atoms. The summed E-state index contributed by atoms with van der Waals surface area (Å²) in [5.74, 6) is 1.38. The van der Waals surface area contributed by atoms with E-state index in [0.29, 0.717) is 11.7 Å². The van der Waals surface area contributed by atoms with Gasteiger partial charge < -0.3 is 4.52 Å².